The van der Waals surface area contributed by atoms with E-state index < -0.39 is 5.41 Å². The highest BCUT2D eigenvalue weighted by Crippen LogP contribution is 2.65. The van der Waals surface area contributed by atoms with Crippen molar-refractivity contribution in [1.82, 2.24) is 15.0 Å². The van der Waals surface area contributed by atoms with Crippen molar-refractivity contribution in [2.24, 2.45) is 5.41 Å². The molecule has 1 aromatic heterocycles. The first kappa shape index (κ1) is 14.8. The molecule has 1 fully saturated rings. The van der Waals surface area contributed by atoms with Gasteiger partial charge in [-0.3, -0.25) is 4.79 Å². The van der Waals surface area contributed by atoms with Crippen LogP contribution in [0.4, 0.5) is 0 Å². The molecule has 3 rings (SSSR count). The minimum Gasteiger partial charge on any atom is -0.345 e. The van der Waals surface area contributed by atoms with Crippen LogP contribution >= 0.6 is 0 Å². The summed E-state index contributed by atoms with van der Waals surface area (Å²) in [7, 11) is 1.85. The molecule has 0 radical (unpaired) electrons. The van der Waals surface area contributed by atoms with Crippen molar-refractivity contribution in [2.75, 3.05) is 13.6 Å². The van der Waals surface area contributed by atoms with Crippen LogP contribution in [-0.4, -0.2) is 34.5 Å². The zero-order valence-corrected chi connectivity index (χ0v) is 13.2. The number of nitrogens with zero attached hydrogens (tertiary/aromatic N) is 3. The van der Waals surface area contributed by atoms with Crippen LogP contribution in [0, 0.1) is 5.41 Å². The number of carbonyl (C=O) groups excluding carboxylic acids is 1. The largest absolute Gasteiger partial charge is 0.345 e. The Hall–Kier alpha value is -2.17. The number of hydrogen-bond donors (Lipinski definition) is 0. The summed E-state index contributed by atoms with van der Waals surface area (Å²) in [6, 6.07) is 10.1. The van der Waals surface area contributed by atoms with Gasteiger partial charge in [-0.25, -0.2) is 0 Å². The lowest BCUT2D eigenvalue weighted by Gasteiger charge is -2.26. The third-order valence-electron chi connectivity index (χ3n) is 4.79. The second kappa shape index (κ2) is 5.23. The van der Waals surface area contributed by atoms with Gasteiger partial charge in [0, 0.05) is 20.0 Å². The highest BCUT2D eigenvalue weighted by Gasteiger charge is 2.67. The molecule has 1 aliphatic rings. The maximum atomic E-state index is 13.1. The number of amides is 1. The molecule has 0 spiro atoms. The van der Waals surface area contributed by atoms with Crippen molar-refractivity contribution in [3.8, 4) is 0 Å². The monoisotopic (exact) mass is 299 g/mol. The SMILES string of the molecule is CN(CCc1ncon1)C(=O)[C@]1(c2ccccc2)CC1(C)C. The Kier molecular flexibility index (Phi) is 3.51. The molecule has 0 bridgehead atoms. The Morgan fingerprint density at radius 2 is 2.00 bits per heavy atom. The van der Waals surface area contributed by atoms with Gasteiger partial charge in [-0.15, -0.1) is 0 Å². The van der Waals surface area contributed by atoms with Gasteiger partial charge in [0.15, 0.2) is 5.82 Å². The number of likely N-dealkylation sites (N-methyl/N-ethyl adjacent to an activating group) is 1. The van der Waals surface area contributed by atoms with Crippen molar-refractivity contribution in [2.45, 2.75) is 32.1 Å². The Labute approximate surface area is 130 Å². The lowest BCUT2D eigenvalue weighted by Crippen LogP contribution is -2.40. The van der Waals surface area contributed by atoms with Crippen LogP contribution < -0.4 is 0 Å². The van der Waals surface area contributed by atoms with E-state index in [2.05, 4.69) is 36.1 Å². The van der Waals surface area contributed by atoms with E-state index in [1.165, 1.54) is 6.39 Å². The number of hydrogen-bond acceptors (Lipinski definition) is 4. The fraction of sp³-hybridized carbons (Fsp3) is 0.471. The number of aromatic nitrogens is 2. The molecule has 116 valence electrons. The topological polar surface area (TPSA) is 59.2 Å². The first-order chi connectivity index (χ1) is 10.5. The van der Waals surface area contributed by atoms with E-state index in [-0.39, 0.29) is 11.3 Å². The van der Waals surface area contributed by atoms with Gasteiger partial charge in [0.1, 0.15) is 0 Å². The maximum Gasteiger partial charge on any atom is 0.233 e. The Morgan fingerprint density at radius 1 is 1.32 bits per heavy atom. The summed E-state index contributed by atoms with van der Waals surface area (Å²) in [4.78, 5) is 18.9. The zero-order chi connectivity index (χ0) is 15.8. The van der Waals surface area contributed by atoms with Gasteiger partial charge >= 0.3 is 0 Å². The second-order valence-electron chi connectivity index (χ2n) is 6.66. The van der Waals surface area contributed by atoms with E-state index in [0.717, 1.165) is 12.0 Å². The molecule has 0 unspecified atom stereocenters. The van der Waals surface area contributed by atoms with Gasteiger partial charge in [-0.1, -0.05) is 49.3 Å². The van der Waals surface area contributed by atoms with Crippen molar-refractivity contribution in [1.29, 1.82) is 0 Å². The Balaban J connectivity index is 1.77. The molecule has 5 nitrogen and oxygen atoms in total. The van der Waals surface area contributed by atoms with Crippen molar-refractivity contribution < 1.29 is 9.32 Å². The molecule has 0 saturated heterocycles. The molecular formula is C17H21N3O2. The summed E-state index contributed by atoms with van der Waals surface area (Å²) in [5.41, 5.74) is 0.697. The summed E-state index contributed by atoms with van der Waals surface area (Å²) >= 11 is 0. The first-order valence-corrected chi connectivity index (χ1v) is 7.54. The average Bonchev–Trinajstić information content (AvgIpc) is 2.89. The minimum absolute atomic E-state index is 0.00810. The summed E-state index contributed by atoms with van der Waals surface area (Å²) in [6.07, 6.45) is 2.80. The van der Waals surface area contributed by atoms with Crippen LogP contribution in [0.3, 0.4) is 0 Å². The normalized spacial score (nSPS) is 22.3. The third-order valence-corrected chi connectivity index (χ3v) is 4.79. The molecule has 1 amide bonds. The van der Waals surface area contributed by atoms with E-state index >= 15 is 0 Å². The minimum atomic E-state index is -0.403. The number of carbonyl (C=O) groups is 1. The van der Waals surface area contributed by atoms with Crippen molar-refractivity contribution in [3.05, 3.63) is 48.1 Å². The Morgan fingerprint density at radius 3 is 2.55 bits per heavy atom. The van der Waals surface area contributed by atoms with Crippen LogP contribution in [0.15, 0.2) is 41.2 Å². The van der Waals surface area contributed by atoms with Gasteiger partial charge < -0.3 is 9.42 Å². The lowest BCUT2D eigenvalue weighted by atomic mass is 9.86. The summed E-state index contributed by atoms with van der Waals surface area (Å²) in [5.74, 6) is 0.802. The highest BCUT2D eigenvalue weighted by atomic mass is 16.5. The lowest BCUT2D eigenvalue weighted by molar-refractivity contribution is -0.133. The van der Waals surface area contributed by atoms with E-state index in [1.54, 1.807) is 4.90 Å². The molecule has 5 heteroatoms. The second-order valence-corrected chi connectivity index (χ2v) is 6.66. The molecular weight excluding hydrogens is 278 g/mol. The van der Waals surface area contributed by atoms with E-state index in [9.17, 15) is 4.79 Å². The molecule has 2 aromatic rings. The van der Waals surface area contributed by atoms with Gasteiger partial charge in [0.05, 0.1) is 5.41 Å². The predicted molar refractivity (Wildman–Crippen MR) is 82.2 cm³/mol. The predicted octanol–water partition coefficient (Wildman–Crippen LogP) is 2.44. The fourth-order valence-electron chi connectivity index (χ4n) is 3.32. The summed E-state index contributed by atoms with van der Waals surface area (Å²) in [6.45, 7) is 4.90. The quantitative estimate of drug-likeness (QED) is 0.851. The molecule has 1 heterocycles. The number of rotatable bonds is 5. The highest BCUT2D eigenvalue weighted by molar-refractivity contribution is 5.93. The van der Waals surface area contributed by atoms with Crippen molar-refractivity contribution >= 4 is 5.91 Å². The maximum absolute atomic E-state index is 13.1. The van der Waals surface area contributed by atoms with E-state index in [1.807, 2.05) is 25.2 Å². The summed E-state index contributed by atoms with van der Waals surface area (Å²) in [5, 5.41) is 3.79. The van der Waals surface area contributed by atoms with Crippen molar-refractivity contribution in [3.63, 3.8) is 0 Å². The van der Waals surface area contributed by atoms with Gasteiger partial charge in [0.25, 0.3) is 0 Å². The molecule has 0 aliphatic heterocycles. The Bertz CT molecular complexity index is 652. The molecule has 1 saturated carbocycles. The first-order valence-electron chi connectivity index (χ1n) is 7.54. The smallest absolute Gasteiger partial charge is 0.233 e. The van der Waals surface area contributed by atoms with Crippen LogP contribution in [-0.2, 0) is 16.6 Å². The van der Waals surface area contributed by atoms with Gasteiger partial charge in [0.2, 0.25) is 12.3 Å². The molecule has 0 N–H and O–H groups in total. The summed E-state index contributed by atoms with van der Waals surface area (Å²) < 4.78 is 4.72. The zero-order valence-electron chi connectivity index (χ0n) is 13.2. The molecule has 22 heavy (non-hydrogen) atoms. The van der Waals surface area contributed by atoms with Gasteiger partial charge in [-0.05, 0) is 17.4 Å². The van der Waals surface area contributed by atoms with Crippen LogP contribution in [0.5, 0.6) is 0 Å². The van der Waals surface area contributed by atoms with Crippen LogP contribution in [0.25, 0.3) is 0 Å². The molecule has 1 atom stereocenters. The third kappa shape index (κ3) is 2.30. The van der Waals surface area contributed by atoms with Gasteiger partial charge in [-0.2, -0.15) is 4.98 Å². The fourth-order valence-corrected chi connectivity index (χ4v) is 3.32. The van der Waals surface area contributed by atoms with Crippen LogP contribution in [0.1, 0.15) is 31.7 Å². The molecule has 1 aliphatic carbocycles. The molecule has 1 aromatic carbocycles. The van der Waals surface area contributed by atoms with Crippen LogP contribution in [0.2, 0.25) is 0 Å². The van der Waals surface area contributed by atoms with E-state index in [4.69, 9.17) is 4.52 Å². The standard InChI is InChI=1S/C17H21N3O2/c1-16(2)11-17(16,13-7-5-4-6-8-13)15(21)20(3)10-9-14-18-12-22-19-14/h4-8,12H,9-11H2,1-3H3/t17-/m1/s1. The number of benzene rings is 1. The average molecular weight is 299 g/mol. The van der Waals surface area contributed by atoms with E-state index in [0.29, 0.717) is 18.8 Å².